The maximum atomic E-state index is 8.06. The average Bonchev–Trinajstić information content (AvgIpc) is 2.00. The second kappa shape index (κ2) is 29.8. The second-order valence-electron chi connectivity index (χ2n) is 3.85. The van der Waals surface area contributed by atoms with E-state index in [1.807, 2.05) is 13.0 Å². The van der Waals surface area contributed by atoms with Crippen molar-refractivity contribution in [3.05, 3.63) is 19.1 Å². The summed E-state index contributed by atoms with van der Waals surface area (Å²) in [4.78, 5) is 0. The fourth-order valence-corrected chi connectivity index (χ4v) is 0. The molecule has 0 unspecified atom stereocenters. The van der Waals surface area contributed by atoms with Gasteiger partial charge in [0, 0.05) is 40.0 Å². The van der Waals surface area contributed by atoms with E-state index in [0.717, 1.165) is 0 Å². The van der Waals surface area contributed by atoms with E-state index in [1.54, 1.807) is 47.6 Å². The van der Waals surface area contributed by atoms with Crippen molar-refractivity contribution in [3.8, 4) is 0 Å². The van der Waals surface area contributed by atoms with Crippen LogP contribution in [0.1, 0.15) is 48.5 Å². The Bertz CT molecular complexity index is 86.7. The summed E-state index contributed by atoms with van der Waals surface area (Å²) in [6.07, 6.45) is 3.14. The van der Waals surface area contributed by atoms with Gasteiger partial charge in [0.15, 0.2) is 0 Å². The third-order valence-electron chi connectivity index (χ3n) is 0.236. The van der Waals surface area contributed by atoms with Gasteiger partial charge in [-0.1, -0.05) is 0 Å². The molecule has 3 N–H and O–H groups in total. The van der Waals surface area contributed by atoms with Crippen molar-refractivity contribution in [1.82, 2.24) is 0 Å². The Morgan fingerprint density at radius 1 is 0.765 bits per heavy atom. The van der Waals surface area contributed by atoms with Gasteiger partial charge in [-0.3, -0.25) is 0 Å². The normalized spacial score (nSPS) is 8.53. The third kappa shape index (κ3) is 2250. The zero-order chi connectivity index (χ0) is 14.1. The van der Waals surface area contributed by atoms with Crippen molar-refractivity contribution < 1.29 is 37.0 Å². The van der Waals surface area contributed by atoms with Crippen molar-refractivity contribution in [2.75, 3.05) is 0 Å². The minimum Gasteiger partial charge on any atom is -0.394 e. The van der Waals surface area contributed by atoms with Gasteiger partial charge in [0.2, 0.25) is 0 Å². The quantitative estimate of drug-likeness (QED) is 0.473. The van der Waals surface area contributed by atoms with Crippen LogP contribution in [0.4, 0.5) is 0 Å². The fourth-order valence-electron chi connectivity index (χ4n) is 0. The molecule has 3 nitrogen and oxygen atoms in total. The predicted octanol–water partition coefficient (Wildman–Crippen LogP) is 2.56. The van der Waals surface area contributed by atoms with E-state index in [1.165, 1.54) is 0 Å². The summed E-state index contributed by atoms with van der Waals surface area (Å²) >= 11 is 0. The summed E-state index contributed by atoms with van der Waals surface area (Å²) in [6.45, 7) is 15.7. The van der Waals surface area contributed by atoms with E-state index in [9.17, 15) is 0 Å². The largest absolute Gasteiger partial charge is 0.394 e. The molecule has 0 saturated carbocycles. The SMILES string of the molecule is CC(C)O.CC(C)O.CC(C)O.[CH2-]C=CC.[Ti]. The smallest absolute Gasteiger partial charge is 0.0483 e. The number of rotatable bonds is 0. The summed E-state index contributed by atoms with van der Waals surface area (Å²) in [5.74, 6) is 0. The van der Waals surface area contributed by atoms with E-state index in [4.69, 9.17) is 15.3 Å². The van der Waals surface area contributed by atoms with Gasteiger partial charge in [-0.25, -0.2) is 19.1 Å². The van der Waals surface area contributed by atoms with Crippen LogP contribution in [-0.4, -0.2) is 33.6 Å². The molecule has 0 spiro atoms. The minimum atomic E-state index is -0.167. The van der Waals surface area contributed by atoms with Crippen LogP contribution >= 0.6 is 0 Å². The number of hydrogen-bond acceptors (Lipinski definition) is 3. The van der Waals surface area contributed by atoms with Crippen LogP contribution in [0.5, 0.6) is 0 Å². The zero-order valence-electron chi connectivity index (χ0n) is 12.4. The fraction of sp³-hybridized carbons (Fsp3) is 0.769. The summed E-state index contributed by atoms with van der Waals surface area (Å²) in [7, 11) is 0. The molecule has 0 heterocycles. The molecule has 0 atom stereocenters. The van der Waals surface area contributed by atoms with Crippen molar-refractivity contribution >= 4 is 0 Å². The first-order valence-corrected chi connectivity index (χ1v) is 5.56. The van der Waals surface area contributed by atoms with Crippen LogP contribution in [0.15, 0.2) is 12.2 Å². The molecule has 0 aliphatic carbocycles. The molecule has 0 saturated heterocycles. The molecule has 0 aromatic heterocycles. The second-order valence-corrected chi connectivity index (χ2v) is 3.85. The molecule has 17 heavy (non-hydrogen) atoms. The van der Waals surface area contributed by atoms with Crippen molar-refractivity contribution in [3.63, 3.8) is 0 Å². The Balaban J connectivity index is -0.0000000369. The first kappa shape index (κ1) is 30.3. The molecule has 0 aliphatic heterocycles. The Kier molecular flexibility index (Phi) is 53.2. The van der Waals surface area contributed by atoms with E-state index in [-0.39, 0.29) is 40.0 Å². The van der Waals surface area contributed by atoms with Crippen LogP contribution in [-0.2, 0) is 21.7 Å². The maximum Gasteiger partial charge on any atom is 0.0483 e. The Morgan fingerprint density at radius 2 is 0.824 bits per heavy atom. The zero-order valence-corrected chi connectivity index (χ0v) is 14.0. The summed E-state index contributed by atoms with van der Waals surface area (Å²) < 4.78 is 0. The number of allylic oxidation sites excluding steroid dienone is 2. The van der Waals surface area contributed by atoms with Gasteiger partial charge in [0.25, 0.3) is 0 Å². The molecule has 0 rings (SSSR count). The van der Waals surface area contributed by atoms with Gasteiger partial charge in [0.05, 0.1) is 0 Å². The van der Waals surface area contributed by atoms with Gasteiger partial charge >= 0.3 is 0 Å². The van der Waals surface area contributed by atoms with Crippen molar-refractivity contribution in [2.45, 2.75) is 66.8 Å². The van der Waals surface area contributed by atoms with E-state index in [0.29, 0.717) is 0 Å². The van der Waals surface area contributed by atoms with Crippen LogP contribution in [0.25, 0.3) is 0 Å². The summed E-state index contributed by atoms with van der Waals surface area (Å²) in [5, 5.41) is 24.2. The van der Waals surface area contributed by atoms with Crippen LogP contribution < -0.4 is 0 Å². The number of aliphatic hydroxyl groups is 3. The van der Waals surface area contributed by atoms with Gasteiger partial charge in [-0.05, 0) is 41.5 Å². The monoisotopic (exact) mass is 283 g/mol. The average molecular weight is 283 g/mol. The Labute approximate surface area is 123 Å². The predicted molar refractivity (Wildman–Crippen MR) is 72.2 cm³/mol. The molecule has 0 aromatic carbocycles. The molecule has 106 valence electrons. The minimum absolute atomic E-state index is 0. The maximum absolute atomic E-state index is 8.06. The molecular formula is C13H31O3Ti-. The van der Waals surface area contributed by atoms with Crippen LogP contribution in [0, 0.1) is 6.92 Å². The van der Waals surface area contributed by atoms with Crippen LogP contribution in [0.3, 0.4) is 0 Å². The first-order chi connectivity index (χ1) is 7.11. The molecule has 0 aliphatic rings. The van der Waals surface area contributed by atoms with Gasteiger partial charge in [0.1, 0.15) is 0 Å². The van der Waals surface area contributed by atoms with E-state index < -0.39 is 0 Å². The van der Waals surface area contributed by atoms with Gasteiger partial charge < -0.3 is 15.3 Å². The Hall–Kier alpha value is 0.204. The molecule has 0 amide bonds. The molecule has 0 bridgehead atoms. The third-order valence-corrected chi connectivity index (χ3v) is 0.236. The summed E-state index contributed by atoms with van der Waals surface area (Å²) in [5.41, 5.74) is 0. The molecule has 0 aromatic rings. The first-order valence-electron chi connectivity index (χ1n) is 5.56. The van der Waals surface area contributed by atoms with Crippen molar-refractivity contribution in [1.29, 1.82) is 0 Å². The van der Waals surface area contributed by atoms with Gasteiger partial charge in [-0.2, -0.15) is 0 Å². The Morgan fingerprint density at radius 3 is 0.824 bits per heavy atom. The number of hydrogen-bond donors (Lipinski definition) is 3. The van der Waals surface area contributed by atoms with Crippen molar-refractivity contribution in [2.24, 2.45) is 0 Å². The number of aliphatic hydroxyl groups excluding tert-OH is 3. The topological polar surface area (TPSA) is 60.7 Å². The van der Waals surface area contributed by atoms with E-state index in [2.05, 4.69) is 6.92 Å². The van der Waals surface area contributed by atoms with E-state index >= 15 is 0 Å². The molecule has 0 fully saturated rings. The standard InChI is InChI=1S/C4H7.3C3H8O.Ti/c1-3-4-2;3*1-3(2)4;/h3-4H,1H2,2H3;3*3-4H,1-2H3;/q-1;;;;. The molecule has 0 radical (unpaired) electrons. The van der Waals surface area contributed by atoms with Crippen LogP contribution in [0.2, 0.25) is 0 Å². The van der Waals surface area contributed by atoms with Gasteiger partial charge in [-0.15, -0.1) is 6.92 Å². The molecular weight excluding hydrogens is 252 g/mol. The summed E-state index contributed by atoms with van der Waals surface area (Å²) in [6, 6.07) is 0. The molecule has 4 heteroatoms.